The van der Waals surface area contributed by atoms with E-state index in [1.807, 2.05) is 71.9 Å². The number of aliphatic hydroxyl groups is 1. The molecule has 0 aromatic heterocycles. The van der Waals surface area contributed by atoms with Crippen LogP contribution in [-0.4, -0.2) is 116 Å². The van der Waals surface area contributed by atoms with Crippen molar-refractivity contribution in [2.75, 3.05) is 34.9 Å². The van der Waals surface area contributed by atoms with E-state index in [9.17, 15) is 24.3 Å². The fourth-order valence-corrected chi connectivity index (χ4v) is 7.42. The van der Waals surface area contributed by atoms with Gasteiger partial charge in [-0.25, -0.2) is 0 Å². The highest BCUT2D eigenvalue weighted by atomic mass is 16.5. The molecule has 4 amide bonds. The fraction of sp³-hybridized carbons (Fsp3) is 0.744. The van der Waals surface area contributed by atoms with E-state index < -0.39 is 48.4 Å². The summed E-state index contributed by atoms with van der Waals surface area (Å²) in [5.74, 6) is -1.62. The van der Waals surface area contributed by atoms with Crippen molar-refractivity contribution in [2.24, 2.45) is 23.7 Å². The lowest BCUT2D eigenvalue weighted by Gasteiger charge is -2.41. The van der Waals surface area contributed by atoms with Gasteiger partial charge in [-0.05, 0) is 50.1 Å². The zero-order valence-corrected chi connectivity index (χ0v) is 33.1. The second-order valence-electron chi connectivity index (χ2n) is 15.0. The number of methoxy groups -OCH3 is 2. The second kappa shape index (κ2) is 20.8. The molecular weight excluding hydrogens is 650 g/mol. The van der Waals surface area contributed by atoms with Gasteiger partial charge in [-0.1, -0.05) is 85.2 Å². The lowest BCUT2D eigenvalue weighted by molar-refractivity contribution is -0.148. The average molecular weight is 718 g/mol. The van der Waals surface area contributed by atoms with Crippen LogP contribution in [-0.2, 0) is 28.7 Å². The quantitative estimate of drug-likeness (QED) is 0.160. The minimum Gasteiger partial charge on any atom is -0.386 e. The van der Waals surface area contributed by atoms with E-state index in [0.29, 0.717) is 18.5 Å². The highest BCUT2D eigenvalue weighted by molar-refractivity contribution is 5.90. The highest BCUT2D eigenvalue weighted by Crippen LogP contribution is 2.30. The number of amides is 4. The molecule has 0 radical (unpaired) electrons. The van der Waals surface area contributed by atoms with E-state index in [-0.39, 0.29) is 53.8 Å². The van der Waals surface area contributed by atoms with Gasteiger partial charge in [0.05, 0.1) is 54.8 Å². The van der Waals surface area contributed by atoms with Gasteiger partial charge in [-0.15, -0.1) is 0 Å². The van der Waals surface area contributed by atoms with Gasteiger partial charge < -0.3 is 40.3 Å². The van der Waals surface area contributed by atoms with Crippen molar-refractivity contribution < 1.29 is 33.8 Å². The predicted molar refractivity (Wildman–Crippen MR) is 200 cm³/mol. The molecule has 2 unspecified atom stereocenters. The maximum Gasteiger partial charge on any atom is 0.245 e. The molecule has 51 heavy (non-hydrogen) atoms. The molecule has 0 spiro atoms. The molecule has 290 valence electrons. The summed E-state index contributed by atoms with van der Waals surface area (Å²) in [6.07, 6.45) is 0.147. The first-order valence-corrected chi connectivity index (χ1v) is 18.7. The largest absolute Gasteiger partial charge is 0.386 e. The third-order valence-corrected chi connectivity index (χ3v) is 10.7. The van der Waals surface area contributed by atoms with Gasteiger partial charge in [-0.2, -0.15) is 0 Å². The number of carbonyl (C=O) groups excluding carboxylic acids is 4. The number of carbonyl (C=O) groups is 4. The van der Waals surface area contributed by atoms with Crippen LogP contribution in [0.4, 0.5) is 0 Å². The molecule has 1 fully saturated rings. The first kappa shape index (κ1) is 44.1. The number of hydrogen-bond acceptors (Lipinski definition) is 8. The highest BCUT2D eigenvalue weighted by Gasteiger charge is 2.43. The van der Waals surface area contributed by atoms with Gasteiger partial charge in [0.15, 0.2) is 0 Å². The van der Waals surface area contributed by atoms with Crippen molar-refractivity contribution in [1.82, 2.24) is 25.8 Å². The van der Waals surface area contributed by atoms with E-state index in [1.165, 1.54) is 0 Å². The predicted octanol–water partition coefficient (Wildman–Crippen LogP) is 3.53. The zero-order valence-electron chi connectivity index (χ0n) is 33.1. The van der Waals surface area contributed by atoms with Crippen LogP contribution in [0.25, 0.3) is 0 Å². The normalized spacial score (nSPS) is 20.1. The Morgan fingerprint density at radius 2 is 1.53 bits per heavy atom. The molecule has 1 saturated heterocycles. The monoisotopic (exact) mass is 718 g/mol. The SMILES string of the molecule is CC[C@H](C)[C@@H]([C@@H](CC(=O)N1CCC[C@H]1[C@H](OC)[C@@H](C)C(=O)N[C@H](C)[C@@H](O)c1ccccc1)OC)N(C)C(=O)C(NC(=O)C(NC)C(C)C)C(C)C. The van der Waals surface area contributed by atoms with Crippen LogP contribution in [0.3, 0.4) is 0 Å². The van der Waals surface area contributed by atoms with Crippen molar-refractivity contribution in [3.05, 3.63) is 35.9 Å². The van der Waals surface area contributed by atoms with E-state index in [2.05, 4.69) is 16.0 Å². The third-order valence-electron chi connectivity index (χ3n) is 10.7. The Kier molecular flexibility index (Phi) is 18.0. The average Bonchev–Trinajstić information content (AvgIpc) is 3.59. The Bertz CT molecular complexity index is 1250. The van der Waals surface area contributed by atoms with Crippen molar-refractivity contribution in [3.8, 4) is 0 Å². The summed E-state index contributed by atoms with van der Waals surface area (Å²) in [5.41, 5.74) is 0.711. The van der Waals surface area contributed by atoms with Gasteiger partial charge >= 0.3 is 0 Å². The minimum absolute atomic E-state index is 0.0148. The van der Waals surface area contributed by atoms with E-state index >= 15 is 0 Å². The van der Waals surface area contributed by atoms with E-state index in [0.717, 1.165) is 12.8 Å². The molecule has 1 aromatic rings. The molecule has 0 bridgehead atoms. The van der Waals surface area contributed by atoms with Crippen molar-refractivity contribution in [2.45, 2.75) is 130 Å². The number of ether oxygens (including phenoxy) is 2. The van der Waals surface area contributed by atoms with Crippen LogP contribution in [0.1, 0.15) is 92.7 Å². The molecule has 1 aromatic carbocycles. The van der Waals surface area contributed by atoms with Crippen LogP contribution >= 0.6 is 0 Å². The first-order chi connectivity index (χ1) is 24.0. The number of benzene rings is 1. The smallest absolute Gasteiger partial charge is 0.245 e. The summed E-state index contributed by atoms with van der Waals surface area (Å²) in [4.78, 5) is 58.3. The first-order valence-electron chi connectivity index (χ1n) is 18.7. The van der Waals surface area contributed by atoms with Gasteiger partial charge in [-0.3, -0.25) is 19.2 Å². The maximum absolute atomic E-state index is 14.1. The minimum atomic E-state index is -0.875. The number of likely N-dealkylation sites (tertiary alicyclic amines) is 1. The van der Waals surface area contributed by atoms with Crippen LogP contribution in [0.15, 0.2) is 30.3 Å². The number of rotatable bonds is 20. The maximum atomic E-state index is 14.1. The Labute approximate surface area is 306 Å². The third kappa shape index (κ3) is 11.5. The van der Waals surface area contributed by atoms with E-state index in [4.69, 9.17) is 9.47 Å². The van der Waals surface area contributed by atoms with Crippen LogP contribution in [0, 0.1) is 23.7 Å². The summed E-state index contributed by atoms with van der Waals surface area (Å²) in [5, 5.41) is 19.8. The Morgan fingerprint density at radius 1 is 0.922 bits per heavy atom. The summed E-state index contributed by atoms with van der Waals surface area (Å²) in [7, 11) is 6.57. The zero-order chi connectivity index (χ0) is 38.6. The Balaban J connectivity index is 2.24. The van der Waals surface area contributed by atoms with E-state index in [1.54, 1.807) is 52.0 Å². The molecule has 10 atom stereocenters. The van der Waals surface area contributed by atoms with Crippen molar-refractivity contribution in [3.63, 3.8) is 0 Å². The fourth-order valence-electron chi connectivity index (χ4n) is 7.42. The molecule has 2 rings (SSSR count). The number of likely N-dealkylation sites (N-methyl/N-ethyl adjacent to an activating group) is 2. The molecule has 12 heteroatoms. The Morgan fingerprint density at radius 3 is 2.04 bits per heavy atom. The van der Waals surface area contributed by atoms with Crippen LogP contribution < -0.4 is 16.0 Å². The number of nitrogens with one attached hydrogen (secondary N) is 3. The van der Waals surface area contributed by atoms with Gasteiger partial charge in [0.2, 0.25) is 23.6 Å². The summed E-state index contributed by atoms with van der Waals surface area (Å²) >= 11 is 0. The molecule has 1 aliphatic rings. The standard InChI is InChI=1S/C39H67N5O7/c1-13-25(6)34(43(10)39(49)33(24(4)5)42-38(48)32(40-9)23(2)3)30(50-11)22-31(45)44-21-17-20-29(44)36(51-12)26(7)37(47)41-27(8)35(46)28-18-15-14-16-19-28/h14-16,18-19,23-27,29-30,32-36,40,46H,13,17,20-22H2,1-12H3,(H,41,47)(H,42,48)/t25-,26+,27+,29-,30+,32?,33?,34-,35+,36+/m0/s1. The lowest BCUT2D eigenvalue weighted by Crippen LogP contribution is -2.59. The van der Waals surface area contributed by atoms with Crippen LogP contribution in [0.2, 0.25) is 0 Å². The van der Waals surface area contributed by atoms with Crippen molar-refractivity contribution >= 4 is 23.6 Å². The topological polar surface area (TPSA) is 150 Å². The molecule has 1 heterocycles. The molecule has 4 N–H and O–H groups in total. The number of aliphatic hydroxyl groups excluding tert-OH is 1. The lowest BCUT2D eigenvalue weighted by atomic mass is 9.89. The van der Waals surface area contributed by atoms with Gasteiger partial charge in [0, 0.05) is 27.8 Å². The molecule has 0 saturated carbocycles. The molecule has 0 aliphatic carbocycles. The summed E-state index contributed by atoms with van der Waals surface area (Å²) in [6, 6.07) is 6.67. The second-order valence-corrected chi connectivity index (χ2v) is 15.0. The van der Waals surface area contributed by atoms with Gasteiger partial charge in [0.25, 0.3) is 0 Å². The molecule has 12 nitrogen and oxygen atoms in total. The van der Waals surface area contributed by atoms with Gasteiger partial charge in [0.1, 0.15) is 6.04 Å². The summed E-state index contributed by atoms with van der Waals surface area (Å²) < 4.78 is 11.9. The Hall–Kier alpha value is -3.06. The summed E-state index contributed by atoms with van der Waals surface area (Å²) in [6.45, 7) is 15.9. The van der Waals surface area contributed by atoms with Crippen molar-refractivity contribution in [1.29, 1.82) is 0 Å². The number of hydrogen-bond donors (Lipinski definition) is 4. The molecule has 1 aliphatic heterocycles. The number of nitrogens with zero attached hydrogens (tertiary/aromatic N) is 2. The molecular formula is C39H67N5O7. The van der Waals surface area contributed by atoms with Crippen LogP contribution in [0.5, 0.6) is 0 Å².